The van der Waals surface area contributed by atoms with Gasteiger partial charge in [0.1, 0.15) is 5.82 Å². The Hall–Kier alpha value is -2.94. The van der Waals surface area contributed by atoms with E-state index in [1.807, 2.05) is 0 Å². The standard InChI is InChI=1S/C19H21FN2O5S/c1-3-27-19(24)22(2)28(25,26)17-9-7-14(8-10-17)11-12-21-18(23)15-5-4-6-16(20)13-15/h4-10,13H,3,11-12H2,1-2H3,(H,21,23). The van der Waals surface area contributed by atoms with Crippen molar-refractivity contribution in [3.63, 3.8) is 0 Å². The van der Waals surface area contributed by atoms with Gasteiger partial charge in [-0.3, -0.25) is 4.79 Å². The van der Waals surface area contributed by atoms with E-state index in [1.54, 1.807) is 19.1 Å². The van der Waals surface area contributed by atoms with Crippen LogP contribution in [0.1, 0.15) is 22.8 Å². The highest BCUT2D eigenvalue weighted by molar-refractivity contribution is 7.89. The summed E-state index contributed by atoms with van der Waals surface area (Å²) in [5.41, 5.74) is 1.01. The molecule has 0 spiro atoms. The van der Waals surface area contributed by atoms with E-state index in [0.717, 1.165) is 18.7 Å². The zero-order chi connectivity index (χ0) is 20.7. The topological polar surface area (TPSA) is 92.8 Å². The molecule has 2 amide bonds. The third kappa shape index (κ3) is 5.29. The average molecular weight is 408 g/mol. The Kier molecular flexibility index (Phi) is 7.11. The summed E-state index contributed by atoms with van der Waals surface area (Å²) < 4.78 is 43.2. The lowest BCUT2D eigenvalue weighted by molar-refractivity contribution is 0.0953. The van der Waals surface area contributed by atoms with Gasteiger partial charge in [-0.1, -0.05) is 18.2 Å². The van der Waals surface area contributed by atoms with Crippen LogP contribution >= 0.6 is 0 Å². The highest BCUT2D eigenvalue weighted by atomic mass is 32.2. The molecule has 28 heavy (non-hydrogen) atoms. The zero-order valence-electron chi connectivity index (χ0n) is 15.5. The highest BCUT2D eigenvalue weighted by Gasteiger charge is 2.26. The van der Waals surface area contributed by atoms with Gasteiger partial charge in [-0.15, -0.1) is 0 Å². The van der Waals surface area contributed by atoms with Crippen molar-refractivity contribution in [2.75, 3.05) is 20.2 Å². The van der Waals surface area contributed by atoms with Crippen LogP contribution in [-0.4, -0.2) is 44.9 Å². The summed E-state index contributed by atoms with van der Waals surface area (Å²) in [6.07, 6.45) is -0.499. The largest absolute Gasteiger partial charge is 0.449 e. The maximum absolute atomic E-state index is 13.1. The molecule has 0 saturated heterocycles. The summed E-state index contributed by atoms with van der Waals surface area (Å²) in [6.45, 7) is 1.95. The van der Waals surface area contributed by atoms with Gasteiger partial charge in [-0.2, -0.15) is 0 Å². The van der Waals surface area contributed by atoms with Crippen molar-refractivity contribution in [1.29, 1.82) is 0 Å². The molecule has 0 aliphatic heterocycles. The van der Waals surface area contributed by atoms with E-state index in [9.17, 15) is 22.4 Å². The minimum absolute atomic E-state index is 0.0457. The summed E-state index contributed by atoms with van der Waals surface area (Å²) in [5, 5.41) is 2.67. The van der Waals surface area contributed by atoms with E-state index < -0.39 is 27.8 Å². The van der Waals surface area contributed by atoms with E-state index in [-0.39, 0.29) is 17.1 Å². The van der Waals surface area contributed by atoms with Gasteiger partial charge < -0.3 is 10.1 Å². The van der Waals surface area contributed by atoms with Crippen LogP contribution in [0.5, 0.6) is 0 Å². The van der Waals surface area contributed by atoms with Gasteiger partial charge in [0.15, 0.2) is 0 Å². The molecule has 0 unspecified atom stereocenters. The average Bonchev–Trinajstić information content (AvgIpc) is 2.68. The van der Waals surface area contributed by atoms with Crippen LogP contribution in [0.25, 0.3) is 0 Å². The molecular weight excluding hydrogens is 387 g/mol. The Morgan fingerprint density at radius 1 is 1.14 bits per heavy atom. The molecule has 0 aliphatic rings. The molecule has 0 aromatic heterocycles. The smallest absolute Gasteiger partial charge is 0.423 e. The molecule has 2 aromatic carbocycles. The molecule has 0 aliphatic carbocycles. The van der Waals surface area contributed by atoms with E-state index >= 15 is 0 Å². The maximum atomic E-state index is 13.1. The van der Waals surface area contributed by atoms with Crippen molar-refractivity contribution in [2.45, 2.75) is 18.2 Å². The Morgan fingerprint density at radius 3 is 2.43 bits per heavy atom. The molecule has 9 heteroatoms. The van der Waals surface area contributed by atoms with Crippen molar-refractivity contribution in [2.24, 2.45) is 0 Å². The van der Waals surface area contributed by atoms with Gasteiger partial charge in [0, 0.05) is 19.2 Å². The van der Waals surface area contributed by atoms with E-state index in [2.05, 4.69) is 5.32 Å². The fourth-order valence-electron chi connectivity index (χ4n) is 2.35. The van der Waals surface area contributed by atoms with Crippen molar-refractivity contribution in [3.8, 4) is 0 Å². The molecule has 0 atom stereocenters. The minimum atomic E-state index is -4.00. The van der Waals surface area contributed by atoms with Crippen LogP contribution in [0.15, 0.2) is 53.4 Å². The number of carbonyl (C=O) groups excluding carboxylic acids is 2. The van der Waals surface area contributed by atoms with Crippen LogP contribution in [-0.2, 0) is 21.2 Å². The van der Waals surface area contributed by atoms with Gasteiger partial charge in [-0.05, 0) is 49.2 Å². The second-order valence-corrected chi connectivity index (χ2v) is 7.80. The van der Waals surface area contributed by atoms with E-state index in [1.165, 1.54) is 30.3 Å². The molecule has 0 saturated carbocycles. The van der Waals surface area contributed by atoms with Crippen molar-refractivity contribution < 1.29 is 27.1 Å². The molecule has 1 N–H and O–H groups in total. The van der Waals surface area contributed by atoms with Crippen LogP contribution < -0.4 is 5.32 Å². The number of ether oxygens (including phenoxy) is 1. The van der Waals surface area contributed by atoms with Crippen LogP contribution in [0, 0.1) is 5.82 Å². The molecule has 2 rings (SSSR count). The zero-order valence-corrected chi connectivity index (χ0v) is 16.3. The van der Waals surface area contributed by atoms with Crippen LogP contribution in [0.4, 0.5) is 9.18 Å². The second-order valence-electron chi connectivity index (χ2n) is 5.83. The number of nitrogens with zero attached hydrogens (tertiary/aromatic N) is 1. The summed E-state index contributed by atoms with van der Waals surface area (Å²) in [7, 11) is -2.87. The number of rotatable bonds is 7. The first-order valence-corrected chi connectivity index (χ1v) is 9.98. The van der Waals surface area contributed by atoms with Crippen molar-refractivity contribution >= 4 is 22.0 Å². The van der Waals surface area contributed by atoms with E-state index in [4.69, 9.17) is 4.74 Å². The summed E-state index contributed by atoms with van der Waals surface area (Å²) in [6, 6.07) is 11.3. The lowest BCUT2D eigenvalue weighted by Gasteiger charge is -2.17. The Labute approximate surface area is 163 Å². The number of benzene rings is 2. The number of sulfonamides is 1. The number of halogens is 1. The molecule has 0 heterocycles. The van der Waals surface area contributed by atoms with Gasteiger partial charge in [0.05, 0.1) is 11.5 Å². The number of amides is 2. The number of carbonyl (C=O) groups is 2. The minimum Gasteiger partial charge on any atom is -0.449 e. The third-order valence-corrected chi connectivity index (χ3v) is 5.63. The third-order valence-electron chi connectivity index (χ3n) is 3.89. The fraction of sp³-hybridized carbons (Fsp3) is 0.263. The summed E-state index contributed by atoms with van der Waals surface area (Å²) in [4.78, 5) is 23.5. The van der Waals surface area contributed by atoms with Crippen molar-refractivity contribution in [3.05, 3.63) is 65.5 Å². The van der Waals surface area contributed by atoms with E-state index in [0.29, 0.717) is 17.3 Å². The first-order chi connectivity index (χ1) is 13.3. The Morgan fingerprint density at radius 2 is 1.82 bits per heavy atom. The second kappa shape index (κ2) is 9.32. The lowest BCUT2D eigenvalue weighted by atomic mass is 10.1. The van der Waals surface area contributed by atoms with Crippen LogP contribution in [0.2, 0.25) is 0 Å². The molecule has 2 aromatic rings. The summed E-state index contributed by atoms with van der Waals surface area (Å²) >= 11 is 0. The lowest BCUT2D eigenvalue weighted by Crippen LogP contribution is -2.33. The number of nitrogens with one attached hydrogen (secondary N) is 1. The number of hydrogen-bond donors (Lipinski definition) is 1. The van der Waals surface area contributed by atoms with Crippen molar-refractivity contribution in [1.82, 2.24) is 9.62 Å². The maximum Gasteiger partial charge on any atom is 0.423 e. The molecular formula is C19H21FN2O5S. The first kappa shape index (κ1) is 21.4. The molecule has 150 valence electrons. The molecule has 0 radical (unpaired) electrons. The monoisotopic (exact) mass is 408 g/mol. The van der Waals surface area contributed by atoms with Gasteiger partial charge in [0.25, 0.3) is 15.9 Å². The Balaban J connectivity index is 1.95. The molecule has 7 nitrogen and oxygen atoms in total. The summed E-state index contributed by atoms with van der Waals surface area (Å²) in [5.74, 6) is -0.882. The normalized spacial score (nSPS) is 11.0. The molecule has 0 bridgehead atoms. The first-order valence-electron chi connectivity index (χ1n) is 8.54. The number of hydrogen-bond acceptors (Lipinski definition) is 5. The van der Waals surface area contributed by atoms with Gasteiger partial charge >= 0.3 is 6.09 Å². The van der Waals surface area contributed by atoms with Crippen LogP contribution in [0.3, 0.4) is 0 Å². The molecule has 0 fully saturated rings. The quantitative estimate of drug-likeness (QED) is 0.760. The highest BCUT2D eigenvalue weighted by Crippen LogP contribution is 2.16. The van der Waals surface area contributed by atoms with Gasteiger partial charge in [0.2, 0.25) is 0 Å². The Bertz CT molecular complexity index is 945. The predicted octanol–water partition coefficient (Wildman–Crippen LogP) is 2.58. The SMILES string of the molecule is CCOC(=O)N(C)S(=O)(=O)c1ccc(CCNC(=O)c2cccc(F)c2)cc1. The van der Waals surface area contributed by atoms with Gasteiger partial charge in [-0.25, -0.2) is 21.9 Å². The fourth-order valence-corrected chi connectivity index (χ4v) is 3.40. The predicted molar refractivity (Wildman–Crippen MR) is 101 cm³/mol.